The highest BCUT2D eigenvalue weighted by atomic mass is 16.5. The summed E-state index contributed by atoms with van der Waals surface area (Å²) in [5, 5.41) is 12.0. The Balaban J connectivity index is 1.72. The second-order valence-corrected chi connectivity index (χ2v) is 8.11. The molecular formula is C25H27N5O3. The standard InChI is InChI=1S/C25H27N5O3/c1-33-15-7-14-30-22-20(24(32)29-12-3-2-4-13-29)10-6-11-21(22)27-25(30)28-23(31)19-9-5-8-18(16-19)17-26/h5-6,8-11,16H,2-4,7,12-15H2,1H3,(H,27,28,31). The molecule has 2 heterocycles. The van der Waals surface area contributed by atoms with Crippen molar-refractivity contribution in [2.75, 3.05) is 32.1 Å². The predicted octanol–water partition coefficient (Wildman–Crippen LogP) is 3.82. The topological polar surface area (TPSA) is 100 Å². The fraction of sp³-hybridized carbons (Fsp3) is 0.360. The van der Waals surface area contributed by atoms with Gasteiger partial charge in [-0.05, 0) is 56.0 Å². The SMILES string of the molecule is COCCCn1c(NC(=O)c2cccc(C#N)c2)nc2cccc(C(=O)N3CCCCC3)c21. The molecule has 0 saturated carbocycles. The van der Waals surface area contributed by atoms with E-state index >= 15 is 0 Å². The van der Waals surface area contributed by atoms with Crippen molar-refractivity contribution in [1.82, 2.24) is 14.5 Å². The summed E-state index contributed by atoms with van der Waals surface area (Å²) in [7, 11) is 1.64. The van der Waals surface area contributed by atoms with Crippen molar-refractivity contribution in [3.63, 3.8) is 0 Å². The van der Waals surface area contributed by atoms with Crippen molar-refractivity contribution < 1.29 is 14.3 Å². The number of nitrogens with one attached hydrogen (secondary N) is 1. The van der Waals surface area contributed by atoms with Gasteiger partial charge in [0, 0.05) is 38.9 Å². The Kier molecular flexibility index (Phi) is 7.01. The fourth-order valence-electron chi connectivity index (χ4n) is 4.21. The molecule has 1 saturated heterocycles. The van der Waals surface area contributed by atoms with Crippen LogP contribution < -0.4 is 5.32 Å². The Morgan fingerprint density at radius 3 is 2.70 bits per heavy atom. The third kappa shape index (κ3) is 4.89. The molecule has 2 aromatic carbocycles. The number of hydrogen-bond donors (Lipinski definition) is 1. The molecule has 8 heteroatoms. The van der Waals surface area contributed by atoms with Crippen LogP contribution in [0.4, 0.5) is 5.95 Å². The number of nitriles is 1. The van der Waals surface area contributed by atoms with E-state index in [9.17, 15) is 9.59 Å². The first-order valence-electron chi connectivity index (χ1n) is 11.2. The van der Waals surface area contributed by atoms with Crippen molar-refractivity contribution in [2.45, 2.75) is 32.2 Å². The third-order valence-electron chi connectivity index (χ3n) is 5.85. The van der Waals surface area contributed by atoms with Crippen LogP contribution in [0.1, 0.15) is 52.0 Å². The number of aryl methyl sites for hydroxylation is 1. The maximum absolute atomic E-state index is 13.4. The fourth-order valence-corrected chi connectivity index (χ4v) is 4.21. The lowest BCUT2D eigenvalue weighted by Gasteiger charge is -2.27. The van der Waals surface area contributed by atoms with Crippen LogP contribution in [0.25, 0.3) is 11.0 Å². The van der Waals surface area contributed by atoms with E-state index in [1.165, 1.54) is 0 Å². The average molecular weight is 446 g/mol. The minimum Gasteiger partial charge on any atom is -0.385 e. The van der Waals surface area contributed by atoms with Crippen LogP contribution in [0, 0.1) is 11.3 Å². The van der Waals surface area contributed by atoms with E-state index in [4.69, 9.17) is 10.00 Å². The van der Waals surface area contributed by atoms with Crippen LogP contribution in [-0.2, 0) is 11.3 Å². The van der Waals surface area contributed by atoms with Gasteiger partial charge in [0.15, 0.2) is 0 Å². The number of methoxy groups -OCH3 is 1. The second-order valence-electron chi connectivity index (χ2n) is 8.11. The molecule has 0 aliphatic carbocycles. The van der Waals surface area contributed by atoms with Gasteiger partial charge in [-0.2, -0.15) is 5.26 Å². The molecule has 3 aromatic rings. The third-order valence-corrected chi connectivity index (χ3v) is 5.85. The number of benzene rings is 2. The lowest BCUT2D eigenvalue weighted by molar-refractivity contribution is 0.0725. The molecular weight excluding hydrogens is 418 g/mol. The summed E-state index contributed by atoms with van der Waals surface area (Å²) in [5.41, 5.74) is 2.73. The van der Waals surface area contributed by atoms with Crippen molar-refractivity contribution >= 4 is 28.8 Å². The van der Waals surface area contributed by atoms with E-state index in [-0.39, 0.29) is 11.8 Å². The molecule has 0 radical (unpaired) electrons. The highest BCUT2D eigenvalue weighted by Crippen LogP contribution is 2.26. The summed E-state index contributed by atoms with van der Waals surface area (Å²) in [6.07, 6.45) is 3.86. The number of rotatable bonds is 7. The number of nitrogens with zero attached hydrogens (tertiary/aromatic N) is 4. The number of hydrogen-bond acceptors (Lipinski definition) is 5. The van der Waals surface area contributed by atoms with Crippen molar-refractivity contribution in [2.24, 2.45) is 0 Å². The number of likely N-dealkylation sites (tertiary alicyclic amines) is 1. The summed E-state index contributed by atoms with van der Waals surface area (Å²) >= 11 is 0. The number of anilines is 1. The molecule has 2 amide bonds. The minimum atomic E-state index is -0.362. The molecule has 0 unspecified atom stereocenters. The Morgan fingerprint density at radius 1 is 1.15 bits per heavy atom. The van der Waals surface area contributed by atoms with Crippen LogP contribution in [0.15, 0.2) is 42.5 Å². The molecule has 170 valence electrons. The van der Waals surface area contributed by atoms with Gasteiger partial charge in [-0.3, -0.25) is 14.9 Å². The van der Waals surface area contributed by atoms with E-state index in [2.05, 4.69) is 10.3 Å². The number of fused-ring (bicyclic) bond motifs is 1. The van der Waals surface area contributed by atoms with Gasteiger partial charge in [0.1, 0.15) is 0 Å². The molecule has 1 N–H and O–H groups in total. The zero-order chi connectivity index (χ0) is 23.2. The van der Waals surface area contributed by atoms with Crippen molar-refractivity contribution in [3.8, 4) is 6.07 Å². The maximum atomic E-state index is 13.4. The van der Waals surface area contributed by atoms with E-state index < -0.39 is 0 Å². The van der Waals surface area contributed by atoms with Crippen molar-refractivity contribution in [3.05, 3.63) is 59.2 Å². The number of aromatic nitrogens is 2. The number of piperidine rings is 1. The molecule has 0 atom stereocenters. The first-order valence-corrected chi connectivity index (χ1v) is 11.2. The van der Waals surface area contributed by atoms with Crippen LogP contribution in [-0.4, -0.2) is 53.1 Å². The second kappa shape index (κ2) is 10.3. The number of carbonyl (C=O) groups excluding carboxylic acids is 2. The smallest absolute Gasteiger partial charge is 0.258 e. The van der Waals surface area contributed by atoms with E-state index in [1.807, 2.05) is 33.7 Å². The molecule has 1 fully saturated rings. The van der Waals surface area contributed by atoms with Crippen LogP contribution in [0.5, 0.6) is 0 Å². The summed E-state index contributed by atoms with van der Waals surface area (Å²) in [6.45, 7) is 2.58. The molecule has 33 heavy (non-hydrogen) atoms. The Bertz CT molecular complexity index is 1200. The number of amides is 2. The van der Waals surface area contributed by atoms with Crippen LogP contribution in [0.3, 0.4) is 0 Å². The van der Waals surface area contributed by atoms with Gasteiger partial charge in [-0.1, -0.05) is 12.1 Å². The Labute approximate surface area is 192 Å². The van der Waals surface area contributed by atoms with E-state index in [0.29, 0.717) is 53.2 Å². The van der Waals surface area contributed by atoms with Gasteiger partial charge in [-0.15, -0.1) is 0 Å². The highest BCUT2D eigenvalue weighted by Gasteiger charge is 2.24. The Hall–Kier alpha value is -3.70. The van der Waals surface area contributed by atoms with Gasteiger partial charge < -0.3 is 14.2 Å². The molecule has 0 bridgehead atoms. The average Bonchev–Trinajstić information content (AvgIpc) is 3.21. The first-order chi connectivity index (χ1) is 16.1. The number of para-hydroxylation sites is 1. The summed E-state index contributed by atoms with van der Waals surface area (Å²) in [6, 6.07) is 14.1. The highest BCUT2D eigenvalue weighted by molar-refractivity contribution is 6.08. The first kappa shape index (κ1) is 22.5. The number of carbonyl (C=O) groups is 2. The van der Waals surface area contributed by atoms with Gasteiger partial charge in [0.2, 0.25) is 5.95 Å². The van der Waals surface area contributed by atoms with Crippen LogP contribution in [0.2, 0.25) is 0 Å². The molecule has 1 aromatic heterocycles. The Morgan fingerprint density at radius 2 is 1.94 bits per heavy atom. The molecule has 1 aliphatic rings. The van der Waals surface area contributed by atoms with Crippen molar-refractivity contribution in [1.29, 1.82) is 5.26 Å². The number of imidazole rings is 1. The zero-order valence-electron chi connectivity index (χ0n) is 18.7. The van der Waals surface area contributed by atoms with Gasteiger partial charge in [0.25, 0.3) is 11.8 Å². The molecule has 0 spiro atoms. The molecule has 1 aliphatic heterocycles. The molecule has 8 nitrogen and oxygen atoms in total. The lowest BCUT2D eigenvalue weighted by Crippen LogP contribution is -2.35. The monoisotopic (exact) mass is 445 g/mol. The number of ether oxygens (including phenoxy) is 1. The minimum absolute atomic E-state index is 0.00668. The summed E-state index contributed by atoms with van der Waals surface area (Å²) < 4.78 is 7.10. The van der Waals surface area contributed by atoms with Gasteiger partial charge in [0.05, 0.1) is 28.2 Å². The largest absolute Gasteiger partial charge is 0.385 e. The van der Waals surface area contributed by atoms with Crippen LogP contribution >= 0.6 is 0 Å². The summed E-state index contributed by atoms with van der Waals surface area (Å²) in [4.78, 5) is 32.8. The summed E-state index contributed by atoms with van der Waals surface area (Å²) in [5.74, 6) is -0.000507. The molecule has 4 rings (SSSR count). The normalized spacial score (nSPS) is 13.6. The van der Waals surface area contributed by atoms with E-state index in [0.717, 1.165) is 32.4 Å². The predicted molar refractivity (Wildman–Crippen MR) is 125 cm³/mol. The van der Waals surface area contributed by atoms with Gasteiger partial charge >= 0.3 is 0 Å². The maximum Gasteiger partial charge on any atom is 0.258 e. The van der Waals surface area contributed by atoms with E-state index in [1.54, 1.807) is 31.4 Å². The van der Waals surface area contributed by atoms with Gasteiger partial charge in [-0.25, -0.2) is 4.98 Å². The lowest BCUT2D eigenvalue weighted by atomic mass is 10.1. The quantitative estimate of drug-likeness (QED) is 0.557. The zero-order valence-corrected chi connectivity index (χ0v) is 18.7.